The molecule has 3 nitrogen and oxygen atoms in total. The van der Waals surface area contributed by atoms with E-state index in [4.69, 9.17) is 23.5 Å². The van der Waals surface area contributed by atoms with Gasteiger partial charge in [0.25, 0.3) is 4.87 Å². The number of thiocarbonyl (C=S) groups is 1. The van der Waals surface area contributed by atoms with Gasteiger partial charge >= 0.3 is 5.97 Å². The number of rotatable bonds is 9. The molecule has 0 bridgehead atoms. The van der Waals surface area contributed by atoms with Gasteiger partial charge in [0, 0.05) is 13.3 Å². The van der Waals surface area contributed by atoms with Crippen molar-refractivity contribution in [3.05, 3.63) is 60.0 Å². The summed E-state index contributed by atoms with van der Waals surface area (Å²) in [6, 6.07) is 9.60. The molecule has 0 radical (unpaired) electrons. The van der Waals surface area contributed by atoms with Crippen LogP contribution in [0.15, 0.2) is 43.0 Å². The topological polar surface area (TPSA) is 30.7 Å². The van der Waals surface area contributed by atoms with Crippen molar-refractivity contribution >= 4 is 34.1 Å². The summed E-state index contributed by atoms with van der Waals surface area (Å²) in [6.07, 6.45) is 4.03. The summed E-state index contributed by atoms with van der Waals surface area (Å²) >= 11 is 6.74. The van der Waals surface area contributed by atoms with Gasteiger partial charge in [0.2, 0.25) is 0 Å². The standard InChI is InChI=1S/C18H21NO2S2/c1-4-5-9-14-21-16(20)12-13-18(2,19-3)23-17(22)15-10-7-6-8-11-15/h4,6-8,10-11H,1,5,9,12-14H2,2H3. The SMILES string of the molecule is [C-]#[N+]C(C)(CCC(=O)OCCCC=C)SC(=S)c1ccccc1. The Morgan fingerprint density at radius 2 is 2.17 bits per heavy atom. The first-order valence-corrected chi connectivity index (χ1v) is 8.67. The average Bonchev–Trinajstić information content (AvgIpc) is 2.57. The van der Waals surface area contributed by atoms with Crippen LogP contribution < -0.4 is 0 Å². The Balaban J connectivity index is 2.48. The Morgan fingerprint density at radius 3 is 2.78 bits per heavy atom. The number of ether oxygens (including phenoxy) is 1. The molecule has 0 heterocycles. The maximum Gasteiger partial charge on any atom is 0.306 e. The zero-order chi connectivity index (χ0) is 17.1. The van der Waals surface area contributed by atoms with Crippen molar-refractivity contribution in [1.82, 2.24) is 0 Å². The van der Waals surface area contributed by atoms with Crippen molar-refractivity contribution in [2.45, 2.75) is 37.5 Å². The van der Waals surface area contributed by atoms with E-state index in [-0.39, 0.29) is 12.4 Å². The minimum atomic E-state index is -0.757. The van der Waals surface area contributed by atoms with E-state index in [0.717, 1.165) is 18.4 Å². The van der Waals surface area contributed by atoms with Gasteiger partial charge in [-0.05, 0) is 30.2 Å². The van der Waals surface area contributed by atoms with Crippen LogP contribution in [0.25, 0.3) is 4.85 Å². The Kier molecular flexibility index (Phi) is 8.60. The monoisotopic (exact) mass is 347 g/mol. The molecule has 1 aromatic carbocycles. The highest BCUT2D eigenvalue weighted by atomic mass is 32.2. The van der Waals surface area contributed by atoms with Crippen molar-refractivity contribution in [3.8, 4) is 0 Å². The molecular formula is C18H21NO2S2. The largest absolute Gasteiger partial charge is 0.466 e. The van der Waals surface area contributed by atoms with Crippen LogP contribution in [0.3, 0.4) is 0 Å². The maximum atomic E-state index is 11.7. The summed E-state index contributed by atoms with van der Waals surface area (Å²) in [6.45, 7) is 13.3. The third-order valence-corrected chi connectivity index (χ3v) is 4.81. The summed E-state index contributed by atoms with van der Waals surface area (Å²) < 4.78 is 5.81. The van der Waals surface area contributed by atoms with Gasteiger partial charge in [-0.3, -0.25) is 9.64 Å². The van der Waals surface area contributed by atoms with Gasteiger partial charge in [-0.15, -0.1) is 6.58 Å². The molecule has 0 N–H and O–H groups in total. The molecule has 0 amide bonds. The summed E-state index contributed by atoms with van der Waals surface area (Å²) in [5, 5.41) is 0. The van der Waals surface area contributed by atoms with Crippen molar-refractivity contribution in [1.29, 1.82) is 0 Å². The average molecular weight is 348 g/mol. The van der Waals surface area contributed by atoms with Crippen LogP contribution in [0.5, 0.6) is 0 Å². The first-order valence-electron chi connectivity index (χ1n) is 7.44. The molecule has 0 aliphatic rings. The van der Waals surface area contributed by atoms with Crippen molar-refractivity contribution in [2.24, 2.45) is 0 Å². The molecule has 1 aromatic rings. The number of hydrogen-bond donors (Lipinski definition) is 0. The van der Waals surface area contributed by atoms with E-state index in [9.17, 15) is 4.79 Å². The van der Waals surface area contributed by atoms with E-state index in [1.54, 1.807) is 6.08 Å². The molecule has 0 aromatic heterocycles. The molecule has 1 unspecified atom stereocenters. The quantitative estimate of drug-likeness (QED) is 0.206. The van der Waals surface area contributed by atoms with Crippen LogP contribution in [-0.4, -0.2) is 21.6 Å². The van der Waals surface area contributed by atoms with Gasteiger partial charge in [-0.2, -0.15) is 0 Å². The highest BCUT2D eigenvalue weighted by Gasteiger charge is 2.34. The van der Waals surface area contributed by atoms with E-state index in [1.165, 1.54) is 11.8 Å². The van der Waals surface area contributed by atoms with Crippen molar-refractivity contribution in [3.63, 3.8) is 0 Å². The highest BCUT2D eigenvalue weighted by molar-refractivity contribution is 8.24. The number of carbonyl (C=O) groups excluding carboxylic acids is 1. The van der Waals surface area contributed by atoms with E-state index in [1.807, 2.05) is 37.3 Å². The number of carbonyl (C=O) groups is 1. The smallest absolute Gasteiger partial charge is 0.306 e. The zero-order valence-electron chi connectivity index (χ0n) is 13.3. The third-order valence-electron chi connectivity index (χ3n) is 3.17. The van der Waals surface area contributed by atoms with Gasteiger partial charge < -0.3 is 4.74 Å². The third kappa shape index (κ3) is 7.45. The second kappa shape index (κ2) is 10.2. The molecule has 23 heavy (non-hydrogen) atoms. The number of allylic oxidation sites excluding steroid dienone is 1. The number of hydrogen-bond acceptors (Lipinski definition) is 4. The number of benzene rings is 1. The molecule has 0 saturated heterocycles. The highest BCUT2D eigenvalue weighted by Crippen LogP contribution is 2.35. The lowest BCUT2D eigenvalue weighted by Gasteiger charge is -2.16. The number of nitrogens with zero attached hydrogens (tertiary/aromatic N) is 1. The first-order chi connectivity index (χ1) is 11.0. The molecule has 0 aliphatic heterocycles. The predicted molar refractivity (Wildman–Crippen MR) is 100 cm³/mol. The predicted octanol–water partition coefficient (Wildman–Crippen LogP) is 5.02. The minimum absolute atomic E-state index is 0.220. The van der Waals surface area contributed by atoms with Crippen LogP contribution in [0, 0.1) is 6.57 Å². The lowest BCUT2D eigenvalue weighted by molar-refractivity contribution is -0.143. The maximum absolute atomic E-state index is 11.7. The van der Waals surface area contributed by atoms with Crippen molar-refractivity contribution < 1.29 is 9.53 Å². The Labute approximate surface area is 147 Å². The first kappa shape index (κ1) is 19.4. The molecule has 0 aliphatic carbocycles. The van der Waals surface area contributed by atoms with Gasteiger partial charge in [0.15, 0.2) is 0 Å². The van der Waals surface area contributed by atoms with Crippen LogP contribution in [0.4, 0.5) is 0 Å². The lowest BCUT2D eigenvalue weighted by Crippen LogP contribution is -2.20. The van der Waals surface area contributed by atoms with Gasteiger partial charge in [-0.1, -0.05) is 48.6 Å². The van der Waals surface area contributed by atoms with Gasteiger partial charge in [0.1, 0.15) is 0 Å². The normalized spacial score (nSPS) is 12.7. The molecular weight excluding hydrogens is 326 g/mol. The summed E-state index contributed by atoms with van der Waals surface area (Å²) in [5.74, 6) is -0.268. The van der Waals surface area contributed by atoms with E-state index >= 15 is 0 Å². The van der Waals surface area contributed by atoms with Crippen LogP contribution in [-0.2, 0) is 9.53 Å². The van der Waals surface area contributed by atoms with Crippen LogP contribution >= 0.6 is 24.0 Å². The fourth-order valence-corrected chi connectivity index (χ4v) is 3.36. The zero-order valence-corrected chi connectivity index (χ0v) is 14.9. The summed E-state index contributed by atoms with van der Waals surface area (Å²) in [7, 11) is 0. The van der Waals surface area contributed by atoms with Gasteiger partial charge in [0.05, 0.1) is 17.2 Å². The molecule has 1 atom stereocenters. The summed E-state index contributed by atoms with van der Waals surface area (Å²) in [4.78, 5) is 14.6. The van der Waals surface area contributed by atoms with E-state index < -0.39 is 4.87 Å². The second-order valence-corrected chi connectivity index (χ2v) is 7.35. The molecule has 0 fully saturated rings. The van der Waals surface area contributed by atoms with Crippen molar-refractivity contribution in [2.75, 3.05) is 6.61 Å². The molecule has 0 saturated carbocycles. The number of esters is 1. The van der Waals surface area contributed by atoms with E-state index in [2.05, 4.69) is 11.4 Å². The van der Waals surface area contributed by atoms with Crippen LogP contribution in [0.2, 0.25) is 0 Å². The second-order valence-electron chi connectivity index (χ2n) is 5.19. The lowest BCUT2D eigenvalue weighted by atomic mass is 10.2. The van der Waals surface area contributed by atoms with Crippen LogP contribution in [0.1, 0.15) is 38.2 Å². The Bertz CT molecular complexity index is 580. The Morgan fingerprint density at radius 1 is 1.48 bits per heavy atom. The fourth-order valence-electron chi connectivity index (χ4n) is 1.78. The molecule has 1 rings (SSSR count). The molecule has 0 spiro atoms. The molecule has 5 heteroatoms. The number of unbranched alkanes of at least 4 members (excludes halogenated alkanes) is 1. The molecule has 122 valence electrons. The Hall–Kier alpha value is -1.64. The van der Waals surface area contributed by atoms with E-state index in [0.29, 0.717) is 17.2 Å². The number of thioether (sulfide) groups is 1. The minimum Gasteiger partial charge on any atom is -0.466 e. The van der Waals surface area contributed by atoms with Gasteiger partial charge in [-0.25, -0.2) is 6.57 Å². The summed E-state index contributed by atoms with van der Waals surface area (Å²) in [5.41, 5.74) is 0.925. The fraction of sp³-hybridized carbons (Fsp3) is 0.389.